The van der Waals surface area contributed by atoms with Crippen molar-refractivity contribution < 1.29 is 4.42 Å². The molecule has 0 aliphatic heterocycles. The van der Waals surface area contributed by atoms with Gasteiger partial charge in [0.2, 0.25) is 0 Å². The number of hydrogen-bond acceptors (Lipinski definition) is 3. The summed E-state index contributed by atoms with van der Waals surface area (Å²) < 4.78 is 8.23. The van der Waals surface area contributed by atoms with Gasteiger partial charge in [-0.15, -0.1) is 0 Å². The molecule has 2 aromatic heterocycles. The Balaban J connectivity index is 1.30. The number of rotatable bonds is 5. The van der Waals surface area contributed by atoms with Gasteiger partial charge in [-0.1, -0.05) is 92.7 Å². The zero-order valence-electron chi connectivity index (χ0n) is 25.7. The van der Waals surface area contributed by atoms with Crippen LogP contribution in [0.4, 0.5) is 17.1 Å². The second kappa shape index (κ2) is 10.1. The lowest BCUT2D eigenvalue weighted by Crippen LogP contribution is -2.16. The number of benzene rings is 6. The van der Waals surface area contributed by atoms with Crippen LogP contribution < -0.4 is 4.90 Å². The van der Waals surface area contributed by atoms with E-state index in [0.717, 1.165) is 34.1 Å². The Bertz CT molecular complexity index is 2400. The number of aromatic nitrogens is 2. The Kier molecular flexibility index (Phi) is 5.81. The molecule has 8 aromatic rings. The van der Waals surface area contributed by atoms with Crippen LogP contribution in [-0.4, -0.2) is 9.55 Å². The average Bonchev–Trinajstić information content (AvgIpc) is 3.81. The molecule has 220 valence electrons. The summed E-state index contributed by atoms with van der Waals surface area (Å²) in [5.41, 5.74) is 12.9. The number of oxazole rings is 1. The van der Waals surface area contributed by atoms with Crippen molar-refractivity contribution in [1.82, 2.24) is 9.55 Å². The van der Waals surface area contributed by atoms with E-state index in [1.54, 1.807) is 6.20 Å². The largest absolute Gasteiger partial charge is 0.443 e. The molecule has 46 heavy (non-hydrogen) atoms. The van der Waals surface area contributed by atoms with Crippen LogP contribution in [0.15, 0.2) is 157 Å². The van der Waals surface area contributed by atoms with Crippen molar-refractivity contribution in [2.75, 3.05) is 4.90 Å². The molecule has 4 nitrogen and oxygen atoms in total. The monoisotopic (exact) mass is 593 g/mol. The van der Waals surface area contributed by atoms with Crippen LogP contribution >= 0.6 is 0 Å². The smallest absolute Gasteiger partial charge is 0.181 e. The van der Waals surface area contributed by atoms with E-state index < -0.39 is 0 Å². The third kappa shape index (κ3) is 3.90. The highest BCUT2D eigenvalue weighted by Crippen LogP contribution is 2.51. The van der Waals surface area contributed by atoms with Crippen LogP contribution in [-0.2, 0) is 5.41 Å². The van der Waals surface area contributed by atoms with E-state index in [2.05, 4.69) is 168 Å². The molecule has 2 heterocycles. The van der Waals surface area contributed by atoms with Crippen molar-refractivity contribution in [2.45, 2.75) is 19.3 Å². The first kappa shape index (κ1) is 26.5. The molecule has 0 atom stereocenters. The molecule has 0 radical (unpaired) electrons. The van der Waals surface area contributed by atoms with Crippen molar-refractivity contribution in [3.05, 3.63) is 163 Å². The first-order valence-electron chi connectivity index (χ1n) is 15.7. The van der Waals surface area contributed by atoms with Gasteiger partial charge in [0, 0.05) is 38.8 Å². The number of anilines is 3. The lowest BCUT2D eigenvalue weighted by atomic mass is 9.82. The molecule has 0 fully saturated rings. The Labute approximate surface area is 267 Å². The minimum absolute atomic E-state index is 0.120. The quantitative estimate of drug-likeness (QED) is 0.199. The second-order valence-corrected chi connectivity index (χ2v) is 12.5. The van der Waals surface area contributed by atoms with E-state index in [-0.39, 0.29) is 5.41 Å². The Hall–Kier alpha value is -5.87. The first-order valence-corrected chi connectivity index (χ1v) is 15.7. The minimum atomic E-state index is -0.120. The zero-order chi connectivity index (χ0) is 30.8. The van der Waals surface area contributed by atoms with Gasteiger partial charge in [0.15, 0.2) is 12.2 Å². The lowest BCUT2D eigenvalue weighted by molar-refractivity contribution is 0.572. The molecular formula is C42H31N3O. The van der Waals surface area contributed by atoms with Gasteiger partial charge in [0.25, 0.3) is 0 Å². The van der Waals surface area contributed by atoms with Crippen molar-refractivity contribution in [2.24, 2.45) is 0 Å². The van der Waals surface area contributed by atoms with E-state index in [9.17, 15) is 0 Å². The third-order valence-corrected chi connectivity index (χ3v) is 9.60. The predicted molar refractivity (Wildman–Crippen MR) is 189 cm³/mol. The molecule has 0 saturated carbocycles. The molecule has 4 heteroatoms. The van der Waals surface area contributed by atoms with Gasteiger partial charge in [-0.05, 0) is 82.9 Å². The fourth-order valence-corrected chi connectivity index (χ4v) is 7.44. The molecule has 0 N–H and O–H groups in total. The Morgan fingerprint density at radius 3 is 2.11 bits per heavy atom. The topological polar surface area (TPSA) is 34.2 Å². The summed E-state index contributed by atoms with van der Waals surface area (Å²) >= 11 is 0. The van der Waals surface area contributed by atoms with Gasteiger partial charge in [-0.25, -0.2) is 4.98 Å². The number of hydrogen-bond donors (Lipinski definition) is 0. The normalized spacial score (nSPS) is 13.2. The highest BCUT2D eigenvalue weighted by Gasteiger charge is 2.36. The molecule has 1 aliphatic carbocycles. The zero-order valence-corrected chi connectivity index (χ0v) is 25.7. The van der Waals surface area contributed by atoms with Crippen LogP contribution in [0.2, 0.25) is 0 Å². The van der Waals surface area contributed by atoms with Gasteiger partial charge in [-0.3, -0.25) is 0 Å². The molecule has 0 unspecified atom stereocenters. The highest BCUT2D eigenvalue weighted by molar-refractivity contribution is 6.11. The highest BCUT2D eigenvalue weighted by atomic mass is 16.3. The SMILES string of the molecule is CC1(C)c2ccccc2-c2ccc(N(c3ccc4c(c3)c3ccccc3n4-c3ccccc3)c3ccccc3-c3cnco3)cc21. The molecule has 0 amide bonds. The van der Waals surface area contributed by atoms with Crippen molar-refractivity contribution in [3.63, 3.8) is 0 Å². The van der Waals surface area contributed by atoms with Crippen molar-refractivity contribution in [3.8, 4) is 28.1 Å². The summed E-state index contributed by atoms with van der Waals surface area (Å²) in [6, 6.07) is 50.3. The molecule has 0 bridgehead atoms. The molecular weight excluding hydrogens is 562 g/mol. The van der Waals surface area contributed by atoms with Crippen LogP contribution in [0.3, 0.4) is 0 Å². The van der Waals surface area contributed by atoms with Gasteiger partial charge >= 0.3 is 0 Å². The number of fused-ring (bicyclic) bond motifs is 6. The maximum atomic E-state index is 5.87. The van der Waals surface area contributed by atoms with Gasteiger partial charge in [0.05, 0.1) is 22.9 Å². The fourth-order valence-electron chi connectivity index (χ4n) is 7.44. The average molecular weight is 594 g/mol. The second-order valence-electron chi connectivity index (χ2n) is 12.5. The summed E-state index contributed by atoms with van der Waals surface area (Å²) in [6.07, 6.45) is 3.28. The van der Waals surface area contributed by atoms with Gasteiger partial charge in [-0.2, -0.15) is 0 Å². The van der Waals surface area contributed by atoms with Crippen LogP contribution in [0.1, 0.15) is 25.0 Å². The maximum Gasteiger partial charge on any atom is 0.181 e. The minimum Gasteiger partial charge on any atom is -0.443 e. The van der Waals surface area contributed by atoms with Gasteiger partial charge in [0.1, 0.15) is 0 Å². The van der Waals surface area contributed by atoms with E-state index >= 15 is 0 Å². The maximum absolute atomic E-state index is 5.87. The fraction of sp³-hybridized carbons (Fsp3) is 0.0714. The van der Waals surface area contributed by atoms with Crippen LogP contribution in [0, 0.1) is 0 Å². The van der Waals surface area contributed by atoms with Crippen molar-refractivity contribution >= 4 is 38.9 Å². The molecule has 6 aromatic carbocycles. The molecule has 0 spiro atoms. The van der Waals surface area contributed by atoms with E-state index in [1.165, 1.54) is 50.5 Å². The summed E-state index contributed by atoms with van der Waals surface area (Å²) in [5.74, 6) is 0.733. The van der Waals surface area contributed by atoms with E-state index in [0.29, 0.717) is 0 Å². The van der Waals surface area contributed by atoms with E-state index in [4.69, 9.17) is 4.42 Å². The Morgan fingerprint density at radius 1 is 0.587 bits per heavy atom. The van der Waals surface area contributed by atoms with E-state index in [1.807, 2.05) is 0 Å². The van der Waals surface area contributed by atoms with Crippen LogP contribution in [0.5, 0.6) is 0 Å². The predicted octanol–water partition coefficient (Wildman–Crippen LogP) is 11.2. The first-order chi connectivity index (χ1) is 22.6. The molecule has 9 rings (SSSR count). The lowest BCUT2D eigenvalue weighted by Gasteiger charge is -2.29. The Morgan fingerprint density at radius 2 is 1.26 bits per heavy atom. The van der Waals surface area contributed by atoms with Crippen molar-refractivity contribution in [1.29, 1.82) is 0 Å². The summed E-state index contributed by atoms with van der Waals surface area (Å²) in [5, 5.41) is 2.42. The van der Waals surface area contributed by atoms with Crippen LogP contribution in [0.25, 0.3) is 49.9 Å². The number of para-hydroxylation sites is 3. The standard InChI is InChI=1S/C42H31N3O/c1-42(2)36-17-9-6-14-31(36)32-22-20-30(25-37(32)42)44(39-19-11-8-16-34(39)41-26-43-27-46-41)29-21-23-40-35(24-29)33-15-7-10-18-38(33)45(40)28-12-4-3-5-13-28/h3-27H,1-2H3. The third-order valence-electron chi connectivity index (χ3n) is 9.60. The molecule has 0 saturated heterocycles. The molecule has 1 aliphatic rings. The van der Waals surface area contributed by atoms with Gasteiger partial charge < -0.3 is 13.9 Å². The number of nitrogens with zero attached hydrogens (tertiary/aromatic N) is 3. The summed E-state index contributed by atoms with van der Waals surface area (Å²) in [4.78, 5) is 6.62. The summed E-state index contributed by atoms with van der Waals surface area (Å²) in [7, 11) is 0. The summed E-state index contributed by atoms with van der Waals surface area (Å²) in [6.45, 7) is 4.66.